The average molecular weight is 1620 g/mol. The van der Waals surface area contributed by atoms with Crippen LogP contribution in [0.15, 0.2) is 127 Å². The number of methoxy groups -OCH3 is 3. The number of fused-ring (bicyclic) bond motifs is 3. The van der Waals surface area contributed by atoms with E-state index in [1.807, 2.05) is 30.3 Å². The molecule has 6 aromatic carbocycles. The molecule has 0 bridgehead atoms. The third-order valence-corrected chi connectivity index (χ3v) is 18.2. The number of phenols is 2. The fourth-order valence-corrected chi connectivity index (χ4v) is 12.4. The molecule has 0 saturated carbocycles. The second-order valence-electron chi connectivity index (χ2n) is 25.8. The van der Waals surface area contributed by atoms with Crippen molar-refractivity contribution in [3.8, 4) is 11.5 Å². The number of ketones is 2. The number of anilines is 6. The number of halogens is 2. The van der Waals surface area contributed by atoms with Crippen LogP contribution in [0, 0.1) is 13.8 Å². The van der Waals surface area contributed by atoms with E-state index in [9.17, 15) is 72.2 Å². The Bertz CT molecular complexity index is 4380. The topological polar surface area (TPSA) is 446 Å². The Balaban J connectivity index is 0.000000236. The highest BCUT2D eigenvalue weighted by molar-refractivity contribution is 6.37. The number of benzene rings is 6. The minimum absolute atomic E-state index is 0.0289. The van der Waals surface area contributed by atoms with E-state index in [1.165, 1.54) is 76.7 Å². The summed E-state index contributed by atoms with van der Waals surface area (Å²) in [7, 11) is 9.00. The number of hydrogen-bond acceptors (Lipinski definition) is 24. The summed E-state index contributed by atoms with van der Waals surface area (Å²) in [6, 6.07) is 31.6. The number of likely N-dealkylation sites (N-methyl/N-ethyl adjacent to an activating group) is 3. The number of carbonyl (C=O) groups is 14. The number of esters is 1. The number of cyclic esters (lactones) is 1. The van der Waals surface area contributed by atoms with Crippen molar-refractivity contribution in [2.75, 3.05) is 131 Å². The molecule has 0 spiro atoms. The first kappa shape index (κ1) is 91.3. The third-order valence-electron chi connectivity index (χ3n) is 17.6. The number of aromatic hydroxyl groups is 2. The van der Waals surface area contributed by atoms with E-state index in [-0.39, 0.29) is 116 Å². The van der Waals surface area contributed by atoms with E-state index in [1.54, 1.807) is 120 Å². The molecule has 4 aliphatic rings. The first-order valence-electron chi connectivity index (χ1n) is 35.2. The number of carbonyl (C=O) groups excluding carboxylic acids is 12. The molecule has 6 atom stereocenters. The summed E-state index contributed by atoms with van der Waals surface area (Å²) in [5, 5.41) is 50.3. The van der Waals surface area contributed by atoms with E-state index in [0.29, 0.717) is 51.5 Å². The van der Waals surface area contributed by atoms with E-state index in [0.717, 1.165) is 16.7 Å². The molecule has 1 unspecified atom stereocenters. The molecular formula is C78H91Cl2N11O23. The molecule has 4 aliphatic heterocycles. The number of hydrogen-bond donors (Lipinski definition) is 9. The lowest BCUT2D eigenvalue weighted by Crippen LogP contribution is -2.53. The van der Waals surface area contributed by atoms with Gasteiger partial charge in [-0.3, -0.25) is 77.0 Å². The summed E-state index contributed by atoms with van der Waals surface area (Å²) in [4.78, 5) is 177. The van der Waals surface area contributed by atoms with Crippen LogP contribution in [0.3, 0.4) is 0 Å². The predicted molar refractivity (Wildman–Crippen MR) is 419 cm³/mol. The van der Waals surface area contributed by atoms with Gasteiger partial charge in [0, 0.05) is 32.5 Å². The zero-order valence-corrected chi connectivity index (χ0v) is 65.6. The Morgan fingerprint density at radius 1 is 0.526 bits per heavy atom. The number of amides is 8. The summed E-state index contributed by atoms with van der Waals surface area (Å²) in [5.74, 6) is -6.26. The van der Waals surface area contributed by atoms with Gasteiger partial charge in [0.1, 0.15) is 75.7 Å². The molecule has 34 nitrogen and oxygen atoms in total. The largest absolute Gasteiger partial charge is 0.507 e. The lowest BCUT2D eigenvalue weighted by atomic mass is 10.0. The maximum absolute atomic E-state index is 13.4. The van der Waals surface area contributed by atoms with Gasteiger partial charge in [0.25, 0.3) is 17.7 Å². The Kier molecular flexibility index (Phi) is 35.2. The van der Waals surface area contributed by atoms with Crippen LogP contribution in [-0.4, -0.2) is 242 Å². The van der Waals surface area contributed by atoms with Crippen molar-refractivity contribution in [1.29, 1.82) is 0 Å². The molecule has 1 saturated heterocycles. The molecule has 114 heavy (non-hydrogen) atoms. The van der Waals surface area contributed by atoms with Crippen LogP contribution in [0.25, 0.3) is 0 Å². The molecule has 8 amide bonds. The molecule has 0 radical (unpaired) electrons. The highest BCUT2D eigenvalue weighted by Gasteiger charge is 2.42. The molecule has 10 rings (SSSR count). The number of rotatable bonds is 25. The van der Waals surface area contributed by atoms with Crippen molar-refractivity contribution in [3.63, 3.8) is 0 Å². The van der Waals surface area contributed by atoms with E-state index in [2.05, 4.69) is 26.6 Å². The molecule has 36 heteroatoms. The summed E-state index contributed by atoms with van der Waals surface area (Å²) in [6.45, 7) is 5.20. The van der Waals surface area contributed by atoms with Crippen LogP contribution in [0.4, 0.5) is 34.1 Å². The minimum atomic E-state index is -1.24. The van der Waals surface area contributed by atoms with E-state index >= 15 is 0 Å². The van der Waals surface area contributed by atoms with Gasteiger partial charge >= 0.3 is 17.9 Å². The van der Waals surface area contributed by atoms with Crippen molar-refractivity contribution in [2.24, 2.45) is 0 Å². The predicted octanol–water partition coefficient (Wildman–Crippen LogP) is 4.13. The molecule has 0 aliphatic carbocycles. The first-order chi connectivity index (χ1) is 54.2. The second-order valence-corrected chi connectivity index (χ2v) is 26.6. The maximum Gasteiger partial charge on any atom is 0.323 e. The first-order valence-corrected chi connectivity index (χ1v) is 36.0. The number of aldehydes is 1. The van der Waals surface area contributed by atoms with Gasteiger partial charge in [-0.15, -0.1) is 0 Å². The Morgan fingerprint density at radius 2 is 0.895 bits per heavy atom. The number of phenolic OH excluding ortho intramolecular Hbond substituents is 2. The number of ether oxygens (including phenoxy) is 5. The molecule has 6 aromatic rings. The normalized spacial score (nSPS) is 17.0. The van der Waals surface area contributed by atoms with E-state index < -0.39 is 97.5 Å². The zero-order chi connectivity index (χ0) is 84.2. The van der Waals surface area contributed by atoms with Crippen molar-refractivity contribution in [3.05, 3.63) is 165 Å². The third kappa shape index (κ3) is 24.9. The average Bonchev–Trinajstić information content (AvgIpc) is 1.64. The number of carboxylic acids is 2. The Hall–Kier alpha value is -11.6. The number of Topliss-reactive ketones (excluding diaryl/α,β-unsaturated/α-hetero) is 2. The molecule has 0 aromatic heterocycles. The van der Waals surface area contributed by atoms with Crippen LogP contribution in [-0.2, 0) is 87.8 Å². The summed E-state index contributed by atoms with van der Waals surface area (Å²) >= 11 is 11.2. The summed E-state index contributed by atoms with van der Waals surface area (Å²) in [6.07, 6.45) is -1.24. The van der Waals surface area contributed by atoms with Crippen LogP contribution >= 0.6 is 23.2 Å². The van der Waals surface area contributed by atoms with Crippen molar-refractivity contribution in [1.82, 2.24) is 26.6 Å². The van der Waals surface area contributed by atoms with E-state index in [4.69, 9.17) is 62.2 Å². The van der Waals surface area contributed by atoms with Gasteiger partial charge in [-0.2, -0.15) is 0 Å². The van der Waals surface area contributed by atoms with Crippen molar-refractivity contribution >= 4 is 140 Å². The van der Waals surface area contributed by atoms with Crippen LogP contribution < -0.4 is 56.0 Å². The highest BCUT2D eigenvalue weighted by atomic mass is 35.5. The molecule has 9 N–H and O–H groups in total. The summed E-state index contributed by atoms with van der Waals surface area (Å²) < 4.78 is 25.9. The van der Waals surface area contributed by atoms with Gasteiger partial charge in [0.15, 0.2) is 17.3 Å². The van der Waals surface area contributed by atoms with Gasteiger partial charge in [-0.25, -0.2) is 0 Å². The fraction of sp³-hybridized carbons (Fsp3) is 0.359. The fourth-order valence-electron chi connectivity index (χ4n) is 11.9. The van der Waals surface area contributed by atoms with Gasteiger partial charge in [-0.1, -0.05) is 89.9 Å². The van der Waals surface area contributed by atoms with Gasteiger partial charge in [0.2, 0.25) is 35.8 Å². The molecule has 610 valence electrons. The van der Waals surface area contributed by atoms with Gasteiger partial charge in [-0.05, 0) is 126 Å². The second kappa shape index (κ2) is 44.0. The Morgan fingerprint density at radius 3 is 1.25 bits per heavy atom. The van der Waals surface area contributed by atoms with Gasteiger partial charge < -0.3 is 90.2 Å². The highest BCUT2D eigenvalue weighted by Crippen LogP contribution is 2.37. The molecule has 4 heterocycles. The SMILES string of the molecule is CC(=O)c1cc(C)c(O)c(C)c1.CC(=O)c1cc(Cl)c(O)c(Cl)c1.CN[C@H]1CN(C(=O)COC)c2ccccc2N(CC(=O)N[C@H](C=O)CC(=O)O)C1=O.CN[C@H]1CN(C(=O)COC)c2ccccc2N(CC(=O)N[C@H]2CC(=O)OC2OCc2ccccc2)C1=O.CN[C@H]1CN(C(=O)COC)c2ccccc2N(CC(=O)O)C1=O. The minimum Gasteiger partial charge on any atom is -0.507 e. The zero-order valence-electron chi connectivity index (χ0n) is 64.1. The molecular weight excluding hydrogens is 1530 g/mol. The molecule has 1 fully saturated rings. The van der Waals surface area contributed by atoms with Crippen molar-refractivity contribution in [2.45, 2.75) is 83.6 Å². The number of carboxylic acid groups (broad SMARTS) is 2. The maximum atomic E-state index is 13.4. The number of nitrogens with one attached hydrogen (secondary N) is 5. The monoisotopic (exact) mass is 1620 g/mol. The smallest absolute Gasteiger partial charge is 0.323 e. The van der Waals surface area contributed by atoms with Crippen molar-refractivity contribution < 1.29 is 111 Å². The Labute approximate surface area is 666 Å². The lowest BCUT2D eigenvalue weighted by Gasteiger charge is -2.26. The number of aliphatic carboxylic acids is 2. The lowest BCUT2D eigenvalue weighted by molar-refractivity contribution is -0.168. The number of nitrogens with zero attached hydrogens (tertiary/aromatic N) is 6. The van der Waals surface area contributed by atoms with Crippen LogP contribution in [0.5, 0.6) is 11.5 Å². The van der Waals surface area contributed by atoms with Crippen LogP contribution in [0.1, 0.15) is 64.1 Å². The number of para-hydroxylation sites is 6. The standard InChI is InChI=1S/C26H30N4O7.C19H24N4O7.C15H19N3O5.C10H12O2.C8H6Cl2O2/c1-27-19-13-29(23(32)16-35-2)20-10-6-7-11-21(20)30(25(19)34)14-22(31)28-18-12-24(33)37-26(18)36-15-17-8-4-3-5-9-17;1-20-13-8-22(17(26)11-30-2)14-5-3-4-6-15(14)23(19(13)29)9-16(25)21-12(10-24)7-18(27)28;1-16-10-7-17(13(19)9-23-2)11-5-3-4-6-12(11)18(15(10)22)8-14(20)21;1-6-4-9(8(3)11)5-7(2)10(6)12;1-4(11)5-2-6(9)8(12)7(10)3-5/h3-11,18-19,26-27H,12-16H2,1-2H3,(H,28,31);3-6,10,12-13,20H,7-9,11H2,1-2H3,(H,21,25)(H,27,28);3-6,10,16H,7-9H2,1-2H3,(H,20,21);4-5,12H,1-3H3;2-3,12H,1H3/t18-,19-,26?;12-,13-;10-;;/m000../s1. The van der Waals surface area contributed by atoms with Crippen LogP contribution in [0.2, 0.25) is 10.0 Å². The number of aryl methyl sites for hydroxylation is 2. The summed E-state index contributed by atoms with van der Waals surface area (Å²) in [5.41, 5.74) is 5.99. The quantitative estimate of drug-likeness (QED) is 0.0221. The van der Waals surface area contributed by atoms with Gasteiger partial charge in [0.05, 0.1) is 89.3 Å².